The van der Waals surface area contributed by atoms with Gasteiger partial charge in [0.15, 0.2) is 0 Å². The standard InChI is InChI=1S/C53H33N5/c1-53(2)43-20-10-6-16-35(43)41-28-42-38-19-9-12-22-46(38)57(50(42)29-44(41)53)48-26-33(31-55)49(27-32(48)30-54)58-47-23-13-8-18-37(47)40-25-24-39-36-17-7-11-21-45(36)56(51(39)52(40)58)34-14-4-3-5-15-34/h3-29H,1-2H3. The number of nitriles is 2. The lowest BCUT2D eigenvalue weighted by atomic mass is 9.82. The van der Waals surface area contributed by atoms with Crippen molar-refractivity contribution in [2.75, 3.05) is 0 Å². The van der Waals surface area contributed by atoms with Gasteiger partial charge in [-0.1, -0.05) is 123 Å². The molecule has 0 unspecified atom stereocenters. The van der Waals surface area contributed by atoms with Crippen LogP contribution in [0.5, 0.6) is 0 Å². The Kier molecular flexibility index (Phi) is 6.47. The highest BCUT2D eigenvalue weighted by Gasteiger charge is 2.36. The molecule has 5 heteroatoms. The Morgan fingerprint density at radius 1 is 0.397 bits per heavy atom. The van der Waals surface area contributed by atoms with Gasteiger partial charge in [-0.25, -0.2) is 0 Å². The first-order valence-corrected chi connectivity index (χ1v) is 19.6. The number of para-hydroxylation sites is 4. The molecule has 0 spiro atoms. The Hall–Kier alpha value is -7.86. The number of fused-ring (bicyclic) bond motifs is 13. The molecule has 0 aliphatic heterocycles. The molecule has 5 nitrogen and oxygen atoms in total. The first kappa shape index (κ1) is 32.4. The van der Waals surface area contributed by atoms with Crippen LogP contribution in [0, 0.1) is 22.7 Å². The highest BCUT2D eigenvalue weighted by atomic mass is 15.1. The lowest BCUT2D eigenvalue weighted by Crippen LogP contribution is -2.15. The van der Waals surface area contributed by atoms with Gasteiger partial charge in [0.1, 0.15) is 12.1 Å². The van der Waals surface area contributed by atoms with Crippen LogP contribution in [0.2, 0.25) is 0 Å². The summed E-state index contributed by atoms with van der Waals surface area (Å²) in [6, 6.07) is 62.6. The Balaban J connectivity index is 1.19. The summed E-state index contributed by atoms with van der Waals surface area (Å²) < 4.78 is 6.75. The summed E-state index contributed by atoms with van der Waals surface area (Å²) in [7, 11) is 0. The Morgan fingerprint density at radius 2 is 0.897 bits per heavy atom. The predicted molar refractivity (Wildman–Crippen MR) is 236 cm³/mol. The van der Waals surface area contributed by atoms with Crippen molar-refractivity contribution in [3.63, 3.8) is 0 Å². The quantitative estimate of drug-likeness (QED) is 0.181. The summed E-state index contributed by atoms with van der Waals surface area (Å²) in [5.74, 6) is 0. The van der Waals surface area contributed by atoms with Crippen molar-refractivity contribution in [2.24, 2.45) is 0 Å². The van der Waals surface area contributed by atoms with E-state index in [9.17, 15) is 10.5 Å². The Morgan fingerprint density at radius 3 is 1.53 bits per heavy atom. The Labute approximate surface area is 334 Å². The van der Waals surface area contributed by atoms with Crippen LogP contribution >= 0.6 is 0 Å². The lowest BCUT2D eigenvalue weighted by molar-refractivity contribution is 0.661. The van der Waals surface area contributed by atoms with E-state index in [2.05, 4.69) is 173 Å². The third-order valence-electron chi connectivity index (χ3n) is 12.7. The zero-order valence-corrected chi connectivity index (χ0v) is 31.8. The van der Waals surface area contributed by atoms with E-state index in [-0.39, 0.29) is 5.41 Å². The highest BCUT2D eigenvalue weighted by molar-refractivity contribution is 6.24. The molecule has 11 aromatic rings. The van der Waals surface area contributed by atoms with E-state index in [0.29, 0.717) is 22.5 Å². The minimum atomic E-state index is -0.203. The van der Waals surface area contributed by atoms with Crippen LogP contribution in [0.1, 0.15) is 36.1 Å². The van der Waals surface area contributed by atoms with Crippen molar-refractivity contribution in [3.05, 3.63) is 186 Å². The van der Waals surface area contributed by atoms with Crippen LogP contribution in [0.3, 0.4) is 0 Å². The molecule has 0 amide bonds. The summed E-state index contributed by atoms with van der Waals surface area (Å²) in [6.07, 6.45) is 0. The first-order valence-electron chi connectivity index (χ1n) is 19.6. The van der Waals surface area contributed by atoms with E-state index in [0.717, 1.165) is 71.1 Å². The van der Waals surface area contributed by atoms with E-state index in [1.807, 2.05) is 30.3 Å². The first-order chi connectivity index (χ1) is 28.5. The minimum absolute atomic E-state index is 0.203. The molecular formula is C53H33N5. The SMILES string of the molecule is CC1(C)c2ccccc2-c2cc3c4ccccc4n(-c4cc(C#N)c(-n5c6ccccc6c6ccc7c8ccccc8n(-c8ccccc8)c7c65)cc4C#N)c3cc21. The summed E-state index contributed by atoms with van der Waals surface area (Å²) in [4.78, 5) is 0. The van der Waals surface area contributed by atoms with Crippen LogP contribution < -0.4 is 0 Å². The number of hydrogen-bond donors (Lipinski definition) is 0. The second-order valence-corrected chi connectivity index (χ2v) is 15.9. The van der Waals surface area contributed by atoms with Gasteiger partial charge in [-0.3, -0.25) is 0 Å². The smallest absolute Gasteiger partial charge is 0.101 e. The van der Waals surface area contributed by atoms with Gasteiger partial charge in [0.05, 0.1) is 55.6 Å². The molecule has 0 fully saturated rings. The monoisotopic (exact) mass is 739 g/mol. The molecule has 1 aliphatic rings. The fourth-order valence-electron chi connectivity index (χ4n) is 10.1. The number of hydrogen-bond acceptors (Lipinski definition) is 2. The third-order valence-corrected chi connectivity index (χ3v) is 12.7. The number of benzene rings is 8. The van der Waals surface area contributed by atoms with E-state index in [1.165, 1.54) is 22.3 Å². The topological polar surface area (TPSA) is 62.4 Å². The minimum Gasteiger partial charge on any atom is -0.308 e. The van der Waals surface area contributed by atoms with Crippen molar-refractivity contribution in [2.45, 2.75) is 19.3 Å². The van der Waals surface area contributed by atoms with Gasteiger partial charge in [-0.2, -0.15) is 10.5 Å². The van der Waals surface area contributed by atoms with Crippen LogP contribution in [0.15, 0.2) is 164 Å². The number of aromatic nitrogens is 3. The maximum atomic E-state index is 11.2. The third kappa shape index (κ3) is 4.12. The molecule has 58 heavy (non-hydrogen) atoms. The summed E-state index contributed by atoms with van der Waals surface area (Å²) in [5.41, 5.74) is 14.4. The van der Waals surface area contributed by atoms with Crippen molar-refractivity contribution >= 4 is 65.4 Å². The summed E-state index contributed by atoms with van der Waals surface area (Å²) >= 11 is 0. The van der Waals surface area contributed by atoms with Crippen molar-refractivity contribution in [3.8, 4) is 40.3 Å². The zero-order chi connectivity index (χ0) is 38.9. The molecule has 8 aromatic carbocycles. The zero-order valence-electron chi connectivity index (χ0n) is 31.8. The van der Waals surface area contributed by atoms with E-state index < -0.39 is 0 Å². The molecule has 0 saturated carbocycles. The molecule has 0 saturated heterocycles. The second-order valence-electron chi connectivity index (χ2n) is 15.9. The molecule has 0 N–H and O–H groups in total. The maximum Gasteiger partial charge on any atom is 0.101 e. The van der Waals surface area contributed by atoms with Crippen molar-refractivity contribution < 1.29 is 0 Å². The Bertz CT molecular complexity index is 3670. The van der Waals surface area contributed by atoms with Gasteiger partial charge in [0.2, 0.25) is 0 Å². The van der Waals surface area contributed by atoms with Crippen molar-refractivity contribution in [1.29, 1.82) is 10.5 Å². The highest BCUT2D eigenvalue weighted by Crippen LogP contribution is 2.51. The molecule has 0 radical (unpaired) electrons. The summed E-state index contributed by atoms with van der Waals surface area (Å²) in [5, 5.41) is 28.9. The van der Waals surface area contributed by atoms with Crippen LogP contribution in [-0.4, -0.2) is 13.7 Å². The van der Waals surface area contributed by atoms with Gasteiger partial charge in [-0.15, -0.1) is 0 Å². The number of nitrogens with zero attached hydrogens (tertiary/aromatic N) is 5. The van der Waals surface area contributed by atoms with Crippen LogP contribution in [-0.2, 0) is 5.41 Å². The van der Waals surface area contributed by atoms with E-state index in [1.54, 1.807) is 0 Å². The predicted octanol–water partition coefficient (Wildman–Crippen LogP) is 13.0. The van der Waals surface area contributed by atoms with Crippen LogP contribution in [0.25, 0.3) is 93.6 Å². The summed E-state index contributed by atoms with van der Waals surface area (Å²) in [6.45, 7) is 4.58. The fourth-order valence-corrected chi connectivity index (χ4v) is 10.1. The normalized spacial score (nSPS) is 13.1. The molecular weight excluding hydrogens is 707 g/mol. The second kappa shape index (κ2) is 11.6. The van der Waals surface area contributed by atoms with Gasteiger partial charge >= 0.3 is 0 Å². The van der Waals surface area contributed by atoms with Crippen LogP contribution in [0.4, 0.5) is 0 Å². The molecule has 1 aliphatic carbocycles. The molecule has 0 bridgehead atoms. The van der Waals surface area contributed by atoms with Crippen molar-refractivity contribution in [1.82, 2.24) is 13.7 Å². The molecule has 12 rings (SSSR count). The van der Waals surface area contributed by atoms with Gasteiger partial charge in [0, 0.05) is 43.4 Å². The molecule has 0 atom stereocenters. The van der Waals surface area contributed by atoms with E-state index in [4.69, 9.17) is 0 Å². The van der Waals surface area contributed by atoms with Gasteiger partial charge < -0.3 is 13.7 Å². The molecule has 3 heterocycles. The van der Waals surface area contributed by atoms with Gasteiger partial charge in [-0.05, 0) is 76.9 Å². The maximum absolute atomic E-state index is 11.2. The largest absolute Gasteiger partial charge is 0.308 e. The van der Waals surface area contributed by atoms with Gasteiger partial charge in [0.25, 0.3) is 0 Å². The molecule has 270 valence electrons. The average Bonchev–Trinajstić information content (AvgIpc) is 3.96. The molecule has 3 aromatic heterocycles. The average molecular weight is 740 g/mol. The van der Waals surface area contributed by atoms with E-state index >= 15 is 0 Å². The lowest BCUT2D eigenvalue weighted by Gasteiger charge is -2.22. The number of rotatable bonds is 3. The fraction of sp³-hybridized carbons (Fsp3) is 0.0566.